The maximum atomic E-state index is 11.9. The first kappa shape index (κ1) is 15.9. The Morgan fingerprint density at radius 2 is 1.90 bits per heavy atom. The lowest BCUT2D eigenvalue weighted by atomic mass is 9.86. The van der Waals surface area contributed by atoms with Gasteiger partial charge in [-0.05, 0) is 50.2 Å². The lowest BCUT2D eigenvalue weighted by Crippen LogP contribution is -2.46. The second kappa shape index (κ2) is 6.50. The summed E-state index contributed by atoms with van der Waals surface area (Å²) in [5.41, 5.74) is 1.29. The molecule has 0 amide bonds. The summed E-state index contributed by atoms with van der Waals surface area (Å²) in [6, 6.07) is 7.99. The molecule has 0 spiro atoms. The molecule has 1 saturated carbocycles. The normalized spacial score (nSPS) is 26.4. The predicted molar refractivity (Wildman–Crippen MR) is 86.6 cm³/mol. The summed E-state index contributed by atoms with van der Waals surface area (Å²) in [7, 11) is 0. The van der Waals surface area contributed by atoms with Gasteiger partial charge in [-0.2, -0.15) is 0 Å². The summed E-state index contributed by atoms with van der Waals surface area (Å²) in [5, 5.41) is 13.1. The zero-order valence-electron chi connectivity index (χ0n) is 13.4. The molecule has 0 saturated heterocycles. The monoisotopic (exact) mass is 289 g/mol. The van der Waals surface area contributed by atoms with Crippen LogP contribution in [0.25, 0.3) is 0 Å². The van der Waals surface area contributed by atoms with Gasteiger partial charge in [-0.1, -0.05) is 44.4 Å². The molecule has 2 rings (SSSR count). The van der Waals surface area contributed by atoms with Crippen LogP contribution in [0.2, 0.25) is 0 Å². The minimum atomic E-state index is -0.807. The van der Waals surface area contributed by atoms with Crippen molar-refractivity contribution in [3.8, 4) is 0 Å². The third kappa shape index (κ3) is 3.78. The summed E-state index contributed by atoms with van der Waals surface area (Å²) in [5.74, 6) is 0.562. The molecule has 1 aliphatic carbocycles. The number of rotatable bonds is 4. The van der Waals surface area contributed by atoms with Crippen LogP contribution in [0.5, 0.6) is 0 Å². The molecule has 1 aromatic carbocycles. The fourth-order valence-corrected chi connectivity index (χ4v) is 3.34. The molecule has 1 aromatic rings. The van der Waals surface area contributed by atoms with Crippen LogP contribution >= 0.6 is 0 Å². The smallest absolute Gasteiger partial charge is 0.329 e. The van der Waals surface area contributed by atoms with Crippen molar-refractivity contribution in [2.24, 2.45) is 11.8 Å². The van der Waals surface area contributed by atoms with Crippen molar-refractivity contribution in [3.05, 3.63) is 29.8 Å². The Morgan fingerprint density at radius 1 is 1.24 bits per heavy atom. The summed E-state index contributed by atoms with van der Waals surface area (Å²) >= 11 is 0. The molecular weight excluding hydrogens is 262 g/mol. The largest absolute Gasteiger partial charge is 0.480 e. The van der Waals surface area contributed by atoms with E-state index >= 15 is 0 Å². The van der Waals surface area contributed by atoms with E-state index in [0.717, 1.165) is 24.9 Å². The molecule has 2 N–H and O–H groups in total. The van der Waals surface area contributed by atoms with Crippen LogP contribution < -0.4 is 5.32 Å². The highest BCUT2D eigenvalue weighted by Gasteiger charge is 2.40. The standard InChI is InChI=1S/C18H27NO2/c1-13(2)15-5-4-11-18(12-10-15,17(20)21)19-16-8-6-14(3)7-9-16/h6-9,13,15,19H,4-5,10-12H2,1-3H3,(H,20,21). The van der Waals surface area contributed by atoms with Crippen molar-refractivity contribution in [1.82, 2.24) is 0 Å². The Bertz CT molecular complexity index is 480. The number of aliphatic carboxylic acids is 1. The van der Waals surface area contributed by atoms with Gasteiger partial charge in [-0.15, -0.1) is 0 Å². The van der Waals surface area contributed by atoms with Crippen molar-refractivity contribution in [2.45, 2.75) is 58.4 Å². The van der Waals surface area contributed by atoms with Gasteiger partial charge in [0.05, 0.1) is 0 Å². The highest BCUT2D eigenvalue weighted by Crippen LogP contribution is 2.36. The van der Waals surface area contributed by atoms with Crippen LogP contribution in [0.1, 0.15) is 51.5 Å². The number of carbonyl (C=O) groups is 1. The molecule has 0 aliphatic heterocycles. The van der Waals surface area contributed by atoms with Crippen molar-refractivity contribution >= 4 is 11.7 Å². The highest BCUT2D eigenvalue weighted by atomic mass is 16.4. The highest BCUT2D eigenvalue weighted by molar-refractivity contribution is 5.82. The second-order valence-corrected chi connectivity index (χ2v) is 6.81. The Hall–Kier alpha value is -1.51. The van der Waals surface area contributed by atoms with Crippen LogP contribution in [0, 0.1) is 18.8 Å². The predicted octanol–water partition coefficient (Wildman–Crippen LogP) is 4.47. The molecule has 2 unspecified atom stereocenters. The van der Waals surface area contributed by atoms with Gasteiger partial charge in [0.25, 0.3) is 0 Å². The van der Waals surface area contributed by atoms with Crippen LogP contribution in [0.15, 0.2) is 24.3 Å². The fraction of sp³-hybridized carbons (Fsp3) is 0.611. The molecule has 1 aliphatic rings. The topological polar surface area (TPSA) is 49.3 Å². The number of aryl methyl sites for hydroxylation is 1. The van der Waals surface area contributed by atoms with Crippen molar-refractivity contribution in [1.29, 1.82) is 0 Å². The molecule has 0 bridgehead atoms. The van der Waals surface area contributed by atoms with Crippen LogP contribution in [0.3, 0.4) is 0 Å². The van der Waals surface area contributed by atoms with Crippen molar-refractivity contribution < 1.29 is 9.90 Å². The zero-order valence-corrected chi connectivity index (χ0v) is 13.4. The van der Waals surface area contributed by atoms with E-state index in [9.17, 15) is 9.90 Å². The fourth-order valence-electron chi connectivity index (χ4n) is 3.34. The average molecular weight is 289 g/mol. The first-order valence-electron chi connectivity index (χ1n) is 8.01. The maximum Gasteiger partial charge on any atom is 0.329 e. The first-order valence-corrected chi connectivity index (χ1v) is 8.01. The summed E-state index contributed by atoms with van der Waals surface area (Å²) < 4.78 is 0. The maximum absolute atomic E-state index is 11.9. The first-order chi connectivity index (χ1) is 9.93. The number of carboxylic acids is 1. The summed E-state index contributed by atoms with van der Waals surface area (Å²) in [6.07, 6.45) is 4.53. The van der Waals surface area contributed by atoms with E-state index in [-0.39, 0.29) is 0 Å². The van der Waals surface area contributed by atoms with Gasteiger partial charge in [0.2, 0.25) is 0 Å². The average Bonchev–Trinajstić information content (AvgIpc) is 2.65. The van der Waals surface area contributed by atoms with E-state index in [4.69, 9.17) is 0 Å². The number of carboxylic acid groups (broad SMARTS) is 1. The van der Waals surface area contributed by atoms with Gasteiger partial charge >= 0.3 is 5.97 Å². The third-order valence-corrected chi connectivity index (χ3v) is 4.91. The molecule has 21 heavy (non-hydrogen) atoms. The van der Waals surface area contributed by atoms with Crippen LogP contribution in [0.4, 0.5) is 5.69 Å². The molecule has 3 heteroatoms. The number of hydrogen-bond acceptors (Lipinski definition) is 2. The van der Waals surface area contributed by atoms with Crippen molar-refractivity contribution in [2.75, 3.05) is 5.32 Å². The van der Waals surface area contributed by atoms with E-state index in [2.05, 4.69) is 19.2 Å². The lowest BCUT2D eigenvalue weighted by molar-refractivity contribution is -0.142. The van der Waals surface area contributed by atoms with Gasteiger partial charge in [-0.25, -0.2) is 4.79 Å². The molecule has 2 atom stereocenters. The minimum absolute atomic E-state index is 0.633. The van der Waals surface area contributed by atoms with E-state index in [0.29, 0.717) is 24.7 Å². The van der Waals surface area contributed by atoms with Gasteiger partial charge in [-0.3, -0.25) is 0 Å². The van der Waals surface area contributed by atoms with E-state index in [1.807, 2.05) is 31.2 Å². The van der Waals surface area contributed by atoms with E-state index in [1.54, 1.807) is 0 Å². The minimum Gasteiger partial charge on any atom is -0.480 e. The van der Waals surface area contributed by atoms with Crippen LogP contribution in [-0.4, -0.2) is 16.6 Å². The summed E-state index contributed by atoms with van der Waals surface area (Å²) in [6.45, 7) is 6.52. The molecule has 3 nitrogen and oxygen atoms in total. The van der Waals surface area contributed by atoms with Gasteiger partial charge in [0.15, 0.2) is 0 Å². The third-order valence-electron chi connectivity index (χ3n) is 4.91. The summed E-state index contributed by atoms with van der Waals surface area (Å²) in [4.78, 5) is 11.9. The Balaban J connectivity index is 2.17. The molecule has 0 radical (unpaired) electrons. The quantitative estimate of drug-likeness (QED) is 0.804. The van der Waals surface area contributed by atoms with E-state index < -0.39 is 11.5 Å². The molecule has 0 aromatic heterocycles. The molecule has 1 fully saturated rings. The van der Waals surface area contributed by atoms with Crippen LogP contribution in [-0.2, 0) is 4.79 Å². The second-order valence-electron chi connectivity index (χ2n) is 6.81. The Morgan fingerprint density at radius 3 is 2.48 bits per heavy atom. The van der Waals surface area contributed by atoms with Gasteiger partial charge in [0, 0.05) is 5.69 Å². The van der Waals surface area contributed by atoms with Gasteiger partial charge < -0.3 is 10.4 Å². The SMILES string of the molecule is Cc1ccc(NC2(C(=O)O)CCCC(C(C)C)CC2)cc1. The number of anilines is 1. The number of benzene rings is 1. The molecule has 116 valence electrons. The zero-order chi connectivity index (χ0) is 15.5. The molecular formula is C18H27NO2. The Kier molecular flexibility index (Phi) is 4.92. The molecule has 0 heterocycles. The number of hydrogen-bond donors (Lipinski definition) is 2. The lowest BCUT2D eigenvalue weighted by Gasteiger charge is -2.31. The van der Waals surface area contributed by atoms with Crippen molar-refractivity contribution in [3.63, 3.8) is 0 Å². The Labute approximate surface area is 127 Å². The van der Waals surface area contributed by atoms with E-state index in [1.165, 1.54) is 5.56 Å². The van der Waals surface area contributed by atoms with Gasteiger partial charge in [0.1, 0.15) is 5.54 Å². The number of nitrogens with one attached hydrogen (secondary N) is 1.